The number of anilines is 1. The van der Waals surface area contributed by atoms with Crippen molar-refractivity contribution in [3.05, 3.63) is 33.6 Å². The van der Waals surface area contributed by atoms with Crippen LogP contribution in [-0.2, 0) is 0 Å². The van der Waals surface area contributed by atoms with Gasteiger partial charge in [0.05, 0.1) is 10.5 Å². The summed E-state index contributed by atoms with van der Waals surface area (Å²) in [6, 6.07) is 5.37. The minimum absolute atomic E-state index is 0.442. The lowest BCUT2D eigenvalue weighted by Gasteiger charge is -2.03. The van der Waals surface area contributed by atoms with E-state index in [-0.39, 0.29) is 0 Å². The van der Waals surface area contributed by atoms with Gasteiger partial charge in [-0.15, -0.1) is 11.3 Å². The molecule has 2 N–H and O–H groups in total. The Morgan fingerprint density at radius 1 is 1.22 bits per heavy atom. The molecule has 3 aromatic rings. The maximum Gasteiger partial charge on any atom is 0.181 e. The van der Waals surface area contributed by atoms with Crippen LogP contribution < -0.4 is 5.73 Å². The van der Waals surface area contributed by atoms with Crippen molar-refractivity contribution < 1.29 is 0 Å². The van der Waals surface area contributed by atoms with E-state index in [4.69, 9.17) is 17.3 Å². The maximum atomic E-state index is 5.96. The zero-order chi connectivity index (χ0) is 12.7. The summed E-state index contributed by atoms with van der Waals surface area (Å²) in [7, 11) is 0. The van der Waals surface area contributed by atoms with Crippen molar-refractivity contribution in [2.45, 2.75) is 6.92 Å². The van der Waals surface area contributed by atoms with E-state index in [1.807, 2.05) is 18.4 Å². The summed E-state index contributed by atoms with van der Waals surface area (Å²) in [4.78, 5) is 13.1. The number of nitrogen functional groups attached to an aromatic ring is 1. The lowest BCUT2D eigenvalue weighted by molar-refractivity contribution is 1.18. The Balaban J connectivity index is 2.26. The highest BCUT2D eigenvalue weighted by atomic mass is 35.5. The van der Waals surface area contributed by atoms with E-state index >= 15 is 0 Å². The van der Waals surface area contributed by atoms with Gasteiger partial charge < -0.3 is 5.73 Å². The predicted molar refractivity (Wildman–Crippen MR) is 74.8 cm³/mol. The van der Waals surface area contributed by atoms with Gasteiger partial charge >= 0.3 is 0 Å². The van der Waals surface area contributed by atoms with Gasteiger partial charge in [0.25, 0.3) is 0 Å². The lowest BCUT2D eigenvalue weighted by Crippen LogP contribution is -1.98. The van der Waals surface area contributed by atoms with Crippen LogP contribution in [0.5, 0.6) is 0 Å². The fraction of sp³-hybridized carbons (Fsp3) is 0.0833. The molecule has 4 nitrogen and oxygen atoms in total. The number of thiazole rings is 1. The molecule has 2 aromatic heterocycles. The largest absolute Gasteiger partial charge is 0.383 e. The Labute approximate surface area is 112 Å². The zero-order valence-electron chi connectivity index (χ0n) is 9.51. The first-order valence-electron chi connectivity index (χ1n) is 5.29. The summed E-state index contributed by atoms with van der Waals surface area (Å²) in [5.41, 5.74) is 7.41. The molecule has 0 unspecified atom stereocenters. The van der Waals surface area contributed by atoms with Crippen LogP contribution in [0.4, 0.5) is 5.82 Å². The third-order valence-electron chi connectivity index (χ3n) is 2.54. The normalized spacial score (nSPS) is 11.0. The number of fused-ring (bicyclic) bond motifs is 1. The number of benzene rings is 1. The second kappa shape index (κ2) is 4.19. The average Bonchev–Trinajstić information content (AvgIpc) is 2.75. The highest BCUT2D eigenvalue weighted by Crippen LogP contribution is 2.25. The summed E-state index contributed by atoms with van der Waals surface area (Å²) in [5.74, 6) is 0.976. The molecule has 0 radical (unpaired) electrons. The summed E-state index contributed by atoms with van der Waals surface area (Å²) < 4.78 is 0. The van der Waals surface area contributed by atoms with Gasteiger partial charge in [-0.2, -0.15) is 0 Å². The quantitative estimate of drug-likeness (QED) is 0.741. The SMILES string of the molecule is Cc1nc(-c2nc(N)c3ccc(Cl)cc3n2)cs1. The average molecular weight is 277 g/mol. The molecule has 0 fully saturated rings. The molecule has 90 valence electrons. The van der Waals surface area contributed by atoms with E-state index in [1.54, 1.807) is 23.5 Å². The summed E-state index contributed by atoms with van der Waals surface area (Å²) in [6.07, 6.45) is 0. The van der Waals surface area contributed by atoms with Crippen molar-refractivity contribution >= 4 is 39.7 Å². The minimum atomic E-state index is 0.442. The van der Waals surface area contributed by atoms with Crippen LogP contribution in [0, 0.1) is 6.92 Å². The minimum Gasteiger partial charge on any atom is -0.383 e. The molecule has 18 heavy (non-hydrogen) atoms. The van der Waals surface area contributed by atoms with Crippen molar-refractivity contribution in [1.29, 1.82) is 0 Å². The van der Waals surface area contributed by atoms with Crippen molar-refractivity contribution in [1.82, 2.24) is 15.0 Å². The Hall–Kier alpha value is -1.72. The summed E-state index contributed by atoms with van der Waals surface area (Å²) in [6.45, 7) is 1.94. The van der Waals surface area contributed by atoms with Crippen LogP contribution in [0.2, 0.25) is 5.02 Å². The number of nitrogens with zero attached hydrogens (tertiary/aromatic N) is 3. The Bertz CT molecular complexity index is 738. The second-order valence-corrected chi connectivity index (χ2v) is 5.34. The first-order chi connectivity index (χ1) is 8.63. The molecule has 0 atom stereocenters. The number of nitrogens with two attached hydrogens (primary N) is 1. The Morgan fingerprint density at radius 3 is 2.78 bits per heavy atom. The van der Waals surface area contributed by atoms with Gasteiger partial charge in [0, 0.05) is 15.8 Å². The smallest absolute Gasteiger partial charge is 0.181 e. The first-order valence-corrected chi connectivity index (χ1v) is 6.54. The molecule has 0 amide bonds. The van der Waals surface area contributed by atoms with Crippen LogP contribution in [0.25, 0.3) is 22.4 Å². The third-order valence-corrected chi connectivity index (χ3v) is 3.55. The summed E-state index contributed by atoms with van der Waals surface area (Å²) in [5, 5.41) is 4.31. The zero-order valence-corrected chi connectivity index (χ0v) is 11.1. The molecule has 0 bridgehead atoms. The van der Waals surface area contributed by atoms with E-state index in [0.29, 0.717) is 16.7 Å². The Morgan fingerprint density at radius 2 is 2.06 bits per heavy atom. The molecule has 1 aromatic carbocycles. The second-order valence-electron chi connectivity index (χ2n) is 3.85. The monoisotopic (exact) mass is 276 g/mol. The maximum absolute atomic E-state index is 5.96. The number of halogens is 1. The van der Waals surface area contributed by atoms with Gasteiger partial charge in [0.2, 0.25) is 0 Å². The van der Waals surface area contributed by atoms with Crippen LogP contribution in [0.3, 0.4) is 0 Å². The number of hydrogen-bond donors (Lipinski definition) is 1. The molecule has 0 aliphatic rings. The highest BCUT2D eigenvalue weighted by Gasteiger charge is 2.10. The fourth-order valence-electron chi connectivity index (χ4n) is 1.71. The molecule has 3 rings (SSSR count). The molecular formula is C12H9ClN4S. The topological polar surface area (TPSA) is 64.7 Å². The van der Waals surface area contributed by atoms with Crippen molar-refractivity contribution in [2.24, 2.45) is 0 Å². The van der Waals surface area contributed by atoms with Gasteiger partial charge in [-0.3, -0.25) is 0 Å². The molecule has 0 saturated carbocycles. The number of aromatic nitrogens is 3. The summed E-state index contributed by atoms with van der Waals surface area (Å²) >= 11 is 7.51. The predicted octanol–water partition coefficient (Wildman–Crippen LogP) is 3.30. The van der Waals surface area contributed by atoms with Crippen molar-refractivity contribution in [3.8, 4) is 11.5 Å². The molecule has 0 aliphatic carbocycles. The van der Waals surface area contributed by atoms with Gasteiger partial charge in [0.1, 0.15) is 11.5 Å². The highest BCUT2D eigenvalue weighted by molar-refractivity contribution is 7.09. The van der Waals surface area contributed by atoms with Gasteiger partial charge in [-0.25, -0.2) is 15.0 Å². The first kappa shape index (κ1) is 11.4. The van der Waals surface area contributed by atoms with E-state index < -0.39 is 0 Å². The van der Waals surface area contributed by atoms with E-state index in [0.717, 1.165) is 21.6 Å². The lowest BCUT2D eigenvalue weighted by atomic mass is 10.2. The van der Waals surface area contributed by atoms with Crippen LogP contribution in [0.15, 0.2) is 23.6 Å². The van der Waals surface area contributed by atoms with Gasteiger partial charge in [0.15, 0.2) is 5.82 Å². The molecule has 2 heterocycles. The molecule has 6 heteroatoms. The van der Waals surface area contributed by atoms with Crippen LogP contribution in [0.1, 0.15) is 5.01 Å². The standard InChI is InChI=1S/C12H9ClN4S/c1-6-15-10(5-18-6)12-16-9-4-7(13)2-3-8(9)11(14)17-12/h2-5H,1H3,(H2,14,16,17). The van der Waals surface area contributed by atoms with Crippen molar-refractivity contribution in [2.75, 3.05) is 5.73 Å². The fourth-order valence-corrected chi connectivity index (χ4v) is 2.47. The number of rotatable bonds is 1. The van der Waals surface area contributed by atoms with Gasteiger partial charge in [-0.1, -0.05) is 11.6 Å². The Kier molecular flexibility index (Phi) is 2.65. The van der Waals surface area contributed by atoms with Crippen LogP contribution in [-0.4, -0.2) is 15.0 Å². The molecular weight excluding hydrogens is 268 g/mol. The van der Waals surface area contributed by atoms with E-state index in [2.05, 4.69) is 15.0 Å². The molecule has 0 aliphatic heterocycles. The number of hydrogen-bond acceptors (Lipinski definition) is 5. The molecule has 0 saturated heterocycles. The van der Waals surface area contributed by atoms with Crippen LogP contribution >= 0.6 is 22.9 Å². The third kappa shape index (κ3) is 1.91. The van der Waals surface area contributed by atoms with Crippen molar-refractivity contribution in [3.63, 3.8) is 0 Å². The van der Waals surface area contributed by atoms with E-state index in [1.165, 1.54) is 0 Å². The number of aryl methyl sites for hydroxylation is 1. The van der Waals surface area contributed by atoms with E-state index in [9.17, 15) is 0 Å². The molecule has 0 spiro atoms. The van der Waals surface area contributed by atoms with Gasteiger partial charge in [-0.05, 0) is 25.1 Å².